The zero-order valence-electron chi connectivity index (χ0n) is 12.6. The lowest BCUT2D eigenvalue weighted by atomic mass is 10.1. The lowest BCUT2D eigenvalue weighted by Gasteiger charge is -2.16. The van der Waals surface area contributed by atoms with E-state index in [-0.39, 0.29) is 11.9 Å². The van der Waals surface area contributed by atoms with Gasteiger partial charge in [0.25, 0.3) is 6.43 Å². The quantitative estimate of drug-likeness (QED) is 0.702. The number of alkyl halides is 2. The van der Waals surface area contributed by atoms with E-state index in [0.29, 0.717) is 25.3 Å². The van der Waals surface area contributed by atoms with Crippen LogP contribution in [0.4, 0.5) is 8.78 Å². The van der Waals surface area contributed by atoms with Crippen LogP contribution in [0, 0.1) is 0 Å². The predicted molar refractivity (Wildman–Crippen MR) is 77.5 cm³/mol. The first kappa shape index (κ1) is 16.5. The molecule has 2 heterocycles. The van der Waals surface area contributed by atoms with Gasteiger partial charge >= 0.3 is 0 Å². The molecule has 2 aromatic rings. The Labute approximate surface area is 127 Å². The van der Waals surface area contributed by atoms with Crippen molar-refractivity contribution in [3.05, 3.63) is 36.4 Å². The van der Waals surface area contributed by atoms with Gasteiger partial charge in [0.05, 0.1) is 12.7 Å². The summed E-state index contributed by atoms with van der Waals surface area (Å²) >= 11 is 0. The summed E-state index contributed by atoms with van der Waals surface area (Å²) in [6, 6.07) is 1.42. The second kappa shape index (κ2) is 7.95. The van der Waals surface area contributed by atoms with Crippen molar-refractivity contribution >= 4 is 0 Å². The number of aromatic nitrogens is 3. The molecule has 0 radical (unpaired) electrons. The van der Waals surface area contributed by atoms with E-state index in [9.17, 15) is 8.78 Å². The van der Waals surface area contributed by atoms with Gasteiger partial charge in [-0.1, -0.05) is 0 Å². The molecule has 22 heavy (non-hydrogen) atoms. The minimum absolute atomic E-state index is 0.105. The van der Waals surface area contributed by atoms with Crippen LogP contribution in [-0.4, -0.2) is 34.3 Å². The van der Waals surface area contributed by atoms with E-state index >= 15 is 0 Å². The molecule has 0 aliphatic rings. The maximum Gasteiger partial charge on any atom is 0.265 e. The van der Waals surface area contributed by atoms with Crippen LogP contribution in [0.3, 0.4) is 0 Å². The Morgan fingerprint density at radius 1 is 1.09 bits per heavy atom. The normalized spacial score (nSPS) is 11.5. The molecule has 2 rings (SSSR count). The monoisotopic (exact) mass is 311 g/mol. The Morgan fingerprint density at radius 2 is 1.82 bits per heavy atom. The van der Waals surface area contributed by atoms with Crippen molar-refractivity contribution in [2.75, 3.05) is 13.2 Å². The van der Waals surface area contributed by atoms with Gasteiger partial charge in [0, 0.05) is 48.5 Å². The summed E-state index contributed by atoms with van der Waals surface area (Å²) in [5.74, 6) is 0. The lowest BCUT2D eigenvalue weighted by molar-refractivity contribution is -0.144. The first-order chi connectivity index (χ1) is 10.6. The number of hydrogen-bond acceptors (Lipinski definition) is 4. The third kappa shape index (κ3) is 4.32. The van der Waals surface area contributed by atoms with Gasteiger partial charge in [-0.15, -0.1) is 0 Å². The van der Waals surface area contributed by atoms with Crippen molar-refractivity contribution in [1.82, 2.24) is 14.8 Å². The van der Waals surface area contributed by atoms with Crippen molar-refractivity contribution in [2.24, 2.45) is 0 Å². The molecule has 0 spiro atoms. The highest BCUT2D eigenvalue weighted by Gasteiger charge is 2.12. The third-order valence-corrected chi connectivity index (χ3v) is 3.02. The minimum Gasteiger partial charge on any atom is -0.351 e. The first-order valence-corrected chi connectivity index (χ1v) is 7.13. The fourth-order valence-electron chi connectivity index (χ4n) is 2.03. The zero-order valence-corrected chi connectivity index (χ0v) is 12.6. The molecule has 0 atom stereocenters. The number of halogens is 2. The van der Waals surface area contributed by atoms with E-state index in [4.69, 9.17) is 9.47 Å². The van der Waals surface area contributed by atoms with E-state index < -0.39 is 6.43 Å². The number of hydrogen-bond donors (Lipinski definition) is 0. The first-order valence-electron chi connectivity index (χ1n) is 7.13. The average Bonchev–Trinajstić information content (AvgIpc) is 2.96. The van der Waals surface area contributed by atoms with Crippen molar-refractivity contribution in [2.45, 2.75) is 33.1 Å². The van der Waals surface area contributed by atoms with Gasteiger partial charge in [-0.05, 0) is 19.9 Å². The summed E-state index contributed by atoms with van der Waals surface area (Å²) in [4.78, 5) is 3.84. The van der Waals surface area contributed by atoms with Gasteiger partial charge < -0.3 is 9.47 Å². The molecule has 0 N–H and O–H groups in total. The van der Waals surface area contributed by atoms with Gasteiger partial charge in [0.2, 0.25) is 0 Å². The fourth-order valence-corrected chi connectivity index (χ4v) is 2.03. The van der Waals surface area contributed by atoms with Gasteiger partial charge in [-0.3, -0.25) is 9.67 Å². The summed E-state index contributed by atoms with van der Waals surface area (Å²) in [5, 5.41) is 4.21. The molecule has 5 nitrogen and oxygen atoms in total. The second-order valence-electron chi connectivity index (χ2n) is 4.60. The van der Waals surface area contributed by atoms with Crippen LogP contribution in [0.1, 0.15) is 25.8 Å². The third-order valence-electron chi connectivity index (χ3n) is 3.02. The van der Waals surface area contributed by atoms with Crippen LogP contribution >= 0.6 is 0 Å². The Hall–Kier alpha value is -1.86. The molecule has 0 aliphatic carbocycles. The number of ether oxygens (including phenoxy) is 2. The highest BCUT2D eigenvalue weighted by atomic mass is 19.3. The maximum atomic E-state index is 12.7. The molecule has 0 unspecified atom stereocenters. The smallest absolute Gasteiger partial charge is 0.265 e. The Morgan fingerprint density at radius 3 is 2.45 bits per heavy atom. The van der Waals surface area contributed by atoms with Crippen LogP contribution in [0.2, 0.25) is 0 Å². The Balaban J connectivity index is 2.12. The van der Waals surface area contributed by atoms with Gasteiger partial charge in [0.15, 0.2) is 6.29 Å². The van der Waals surface area contributed by atoms with Crippen LogP contribution in [0.25, 0.3) is 11.1 Å². The summed E-state index contributed by atoms with van der Waals surface area (Å²) < 4.78 is 38.0. The molecule has 2 aromatic heterocycles. The standard InChI is InChI=1S/C15H19F2N3O2/c1-3-21-14(22-4-2)10-20-9-13(8-19-20)11-5-12(15(16)17)7-18-6-11/h5-9,14-15H,3-4,10H2,1-2H3. The number of rotatable bonds is 8. The SMILES string of the molecule is CCOC(Cn1cc(-c2cncc(C(F)F)c2)cn1)OCC. The van der Waals surface area contributed by atoms with Gasteiger partial charge in [-0.25, -0.2) is 8.78 Å². The molecule has 0 amide bonds. The minimum atomic E-state index is -2.54. The highest BCUT2D eigenvalue weighted by Crippen LogP contribution is 2.24. The molecule has 0 aromatic carbocycles. The van der Waals surface area contributed by atoms with E-state index in [2.05, 4.69) is 10.1 Å². The summed E-state index contributed by atoms with van der Waals surface area (Å²) in [6.07, 6.45) is 3.16. The van der Waals surface area contributed by atoms with Crippen molar-refractivity contribution in [3.8, 4) is 11.1 Å². The average molecular weight is 311 g/mol. The van der Waals surface area contributed by atoms with Crippen molar-refractivity contribution in [1.29, 1.82) is 0 Å². The van der Waals surface area contributed by atoms with Crippen molar-refractivity contribution < 1.29 is 18.3 Å². The molecular weight excluding hydrogens is 292 g/mol. The number of nitrogens with zero attached hydrogens (tertiary/aromatic N) is 3. The molecule has 0 bridgehead atoms. The second-order valence-corrected chi connectivity index (χ2v) is 4.60. The van der Waals surface area contributed by atoms with E-state index in [1.54, 1.807) is 17.1 Å². The van der Waals surface area contributed by atoms with Crippen LogP contribution < -0.4 is 0 Å². The van der Waals surface area contributed by atoms with Crippen molar-refractivity contribution in [3.63, 3.8) is 0 Å². The van der Waals surface area contributed by atoms with Crippen LogP contribution in [0.5, 0.6) is 0 Å². The molecule has 0 fully saturated rings. The lowest BCUT2D eigenvalue weighted by Crippen LogP contribution is -2.23. The Bertz CT molecular complexity index is 584. The van der Waals surface area contributed by atoms with E-state index in [1.165, 1.54) is 18.5 Å². The highest BCUT2D eigenvalue weighted by molar-refractivity contribution is 5.61. The van der Waals surface area contributed by atoms with E-state index in [0.717, 1.165) is 5.56 Å². The van der Waals surface area contributed by atoms with Crippen LogP contribution in [0.15, 0.2) is 30.9 Å². The predicted octanol–water partition coefficient (Wildman–Crippen LogP) is 3.28. The summed E-state index contributed by atoms with van der Waals surface area (Å²) in [5.41, 5.74) is 1.22. The molecule has 0 aliphatic heterocycles. The molecule has 120 valence electrons. The molecule has 7 heteroatoms. The maximum absolute atomic E-state index is 12.7. The summed E-state index contributed by atoms with van der Waals surface area (Å²) in [6.45, 7) is 5.30. The molecule has 0 saturated carbocycles. The molecule has 0 saturated heterocycles. The molecular formula is C15H19F2N3O2. The van der Waals surface area contributed by atoms with Gasteiger partial charge in [-0.2, -0.15) is 5.10 Å². The van der Waals surface area contributed by atoms with Crippen LogP contribution in [-0.2, 0) is 16.0 Å². The van der Waals surface area contributed by atoms with E-state index in [1.807, 2.05) is 13.8 Å². The topological polar surface area (TPSA) is 49.2 Å². The zero-order chi connectivity index (χ0) is 15.9. The largest absolute Gasteiger partial charge is 0.351 e. The summed E-state index contributed by atoms with van der Waals surface area (Å²) in [7, 11) is 0. The number of pyridine rings is 1. The Kier molecular flexibility index (Phi) is 5.97. The van der Waals surface area contributed by atoms with Gasteiger partial charge in [0.1, 0.15) is 0 Å². The fraction of sp³-hybridized carbons (Fsp3) is 0.467.